The SMILES string of the molecule is Cc1cc(OCC(=O)O)c(C(Nc2ccc(C(=N)N)cc2)C(=O)O)cc1C. The number of hydrogen-bond acceptors (Lipinski definition) is 5. The molecule has 0 aliphatic heterocycles. The number of carboxylic acid groups (broad SMARTS) is 2. The fraction of sp³-hybridized carbons (Fsp3) is 0.211. The number of rotatable bonds is 8. The fourth-order valence-electron chi connectivity index (χ4n) is 2.49. The van der Waals surface area contributed by atoms with Crippen LogP contribution in [0.2, 0.25) is 0 Å². The van der Waals surface area contributed by atoms with Crippen molar-refractivity contribution >= 4 is 23.5 Å². The second-order valence-electron chi connectivity index (χ2n) is 6.06. The Bertz CT molecular complexity index is 878. The van der Waals surface area contributed by atoms with Gasteiger partial charge in [0.15, 0.2) is 12.6 Å². The Morgan fingerprint density at radius 3 is 2.26 bits per heavy atom. The molecule has 1 unspecified atom stereocenters. The molecule has 0 saturated heterocycles. The van der Waals surface area contributed by atoms with E-state index in [2.05, 4.69) is 5.32 Å². The normalized spacial score (nSPS) is 11.5. The summed E-state index contributed by atoms with van der Waals surface area (Å²) in [5.74, 6) is -2.19. The van der Waals surface area contributed by atoms with Crippen molar-refractivity contribution in [1.82, 2.24) is 0 Å². The van der Waals surface area contributed by atoms with Crippen LogP contribution < -0.4 is 15.8 Å². The summed E-state index contributed by atoms with van der Waals surface area (Å²) in [4.78, 5) is 22.7. The minimum Gasteiger partial charge on any atom is -0.482 e. The van der Waals surface area contributed by atoms with Gasteiger partial charge < -0.3 is 26.0 Å². The lowest BCUT2D eigenvalue weighted by molar-refractivity contribution is -0.139. The highest BCUT2D eigenvalue weighted by atomic mass is 16.5. The Balaban J connectivity index is 2.40. The van der Waals surface area contributed by atoms with Gasteiger partial charge in [-0.1, -0.05) is 0 Å². The van der Waals surface area contributed by atoms with E-state index in [0.29, 0.717) is 16.8 Å². The van der Waals surface area contributed by atoms with Gasteiger partial charge in [-0.2, -0.15) is 0 Å². The molecule has 2 aromatic carbocycles. The second-order valence-corrected chi connectivity index (χ2v) is 6.06. The molecular weight excluding hydrogens is 350 g/mol. The summed E-state index contributed by atoms with van der Waals surface area (Å²) in [6.07, 6.45) is 0. The molecule has 27 heavy (non-hydrogen) atoms. The number of amidine groups is 1. The molecule has 8 heteroatoms. The average molecular weight is 371 g/mol. The number of nitrogens with one attached hydrogen (secondary N) is 2. The van der Waals surface area contributed by atoms with Gasteiger partial charge in [0.1, 0.15) is 11.6 Å². The predicted molar refractivity (Wildman–Crippen MR) is 101 cm³/mol. The van der Waals surface area contributed by atoms with Gasteiger partial charge >= 0.3 is 11.9 Å². The number of anilines is 1. The highest BCUT2D eigenvalue weighted by molar-refractivity contribution is 5.95. The van der Waals surface area contributed by atoms with Crippen LogP contribution in [-0.2, 0) is 9.59 Å². The maximum atomic E-state index is 11.9. The molecule has 0 fully saturated rings. The number of ether oxygens (including phenoxy) is 1. The smallest absolute Gasteiger partial charge is 0.341 e. The standard InChI is InChI=1S/C19H21N3O5/c1-10-7-14(15(8-11(10)2)27-9-16(23)24)17(19(25)26)22-13-5-3-12(4-6-13)18(20)21/h3-8,17,22H,9H2,1-2H3,(H3,20,21)(H,23,24)(H,25,26). The van der Waals surface area contributed by atoms with Crippen LogP contribution in [0.15, 0.2) is 36.4 Å². The molecule has 0 saturated carbocycles. The predicted octanol–water partition coefficient (Wildman–Crippen LogP) is 2.29. The number of nitrogen functional groups attached to an aromatic ring is 1. The van der Waals surface area contributed by atoms with Crippen LogP contribution in [0, 0.1) is 19.3 Å². The quantitative estimate of drug-likeness (QED) is 0.353. The molecule has 2 rings (SSSR count). The first-order valence-corrected chi connectivity index (χ1v) is 8.08. The van der Waals surface area contributed by atoms with Crippen LogP contribution >= 0.6 is 0 Å². The number of carboxylic acids is 2. The maximum absolute atomic E-state index is 11.9. The van der Waals surface area contributed by atoms with Crippen LogP contribution in [0.5, 0.6) is 5.75 Å². The van der Waals surface area contributed by atoms with Gasteiger partial charge in [-0.05, 0) is 61.4 Å². The number of aryl methyl sites for hydroxylation is 2. The van der Waals surface area contributed by atoms with Gasteiger partial charge in [-0.25, -0.2) is 9.59 Å². The number of aliphatic carboxylic acids is 2. The van der Waals surface area contributed by atoms with E-state index >= 15 is 0 Å². The Kier molecular flexibility index (Phi) is 6.02. The summed E-state index contributed by atoms with van der Waals surface area (Å²) in [7, 11) is 0. The van der Waals surface area contributed by atoms with Gasteiger partial charge in [0.05, 0.1) is 0 Å². The summed E-state index contributed by atoms with van der Waals surface area (Å²) in [5, 5.41) is 28.9. The lowest BCUT2D eigenvalue weighted by Gasteiger charge is -2.21. The first-order valence-electron chi connectivity index (χ1n) is 8.08. The Morgan fingerprint density at radius 1 is 1.15 bits per heavy atom. The third-order valence-corrected chi connectivity index (χ3v) is 4.04. The van der Waals surface area contributed by atoms with E-state index in [0.717, 1.165) is 11.1 Å². The number of carbonyl (C=O) groups is 2. The summed E-state index contributed by atoms with van der Waals surface area (Å²) in [6, 6.07) is 8.58. The zero-order chi connectivity index (χ0) is 20.1. The molecule has 1 atom stereocenters. The molecule has 0 amide bonds. The van der Waals surface area contributed by atoms with Crippen molar-refractivity contribution < 1.29 is 24.5 Å². The summed E-state index contributed by atoms with van der Waals surface area (Å²) >= 11 is 0. The van der Waals surface area contributed by atoms with Crippen molar-refractivity contribution in [2.24, 2.45) is 5.73 Å². The molecule has 0 bridgehead atoms. The third-order valence-electron chi connectivity index (χ3n) is 4.04. The molecule has 8 nitrogen and oxygen atoms in total. The van der Waals surface area contributed by atoms with E-state index in [-0.39, 0.29) is 11.6 Å². The molecule has 0 aliphatic rings. The summed E-state index contributed by atoms with van der Waals surface area (Å²) in [6.45, 7) is 3.09. The molecule has 0 aromatic heterocycles. The van der Waals surface area contributed by atoms with Gasteiger partial charge in [-0.15, -0.1) is 0 Å². The molecule has 142 valence electrons. The monoisotopic (exact) mass is 371 g/mol. The summed E-state index contributed by atoms with van der Waals surface area (Å²) in [5.41, 5.74) is 8.48. The lowest BCUT2D eigenvalue weighted by Crippen LogP contribution is -2.22. The van der Waals surface area contributed by atoms with Gasteiger partial charge in [-0.3, -0.25) is 5.41 Å². The van der Waals surface area contributed by atoms with E-state index < -0.39 is 24.6 Å². The van der Waals surface area contributed by atoms with Crippen LogP contribution in [0.25, 0.3) is 0 Å². The van der Waals surface area contributed by atoms with E-state index in [1.807, 2.05) is 13.8 Å². The maximum Gasteiger partial charge on any atom is 0.341 e. The van der Waals surface area contributed by atoms with Crippen molar-refractivity contribution in [1.29, 1.82) is 5.41 Å². The minimum absolute atomic E-state index is 0.0881. The molecule has 0 spiro atoms. The first-order chi connectivity index (χ1) is 12.7. The first kappa shape index (κ1) is 19.8. The largest absolute Gasteiger partial charge is 0.482 e. The highest BCUT2D eigenvalue weighted by Gasteiger charge is 2.25. The Hall–Kier alpha value is -3.55. The number of hydrogen-bond donors (Lipinski definition) is 5. The van der Waals surface area contributed by atoms with E-state index in [1.54, 1.807) is 36.4 Å². The van der Waals surface area contributed by atoms with E-state index in [4.69, 9.17) is 21.0 Å². The zero-order valence-corrected chi connectivity index (χ0v) is 14.9. The molecule has 2 aromatic rings. The Morgan fingerprint density at radius 2 is 1.74 bits per heavy atom. The van der Waals surface area contributed by atoms with Crippen LogP contribution in [-0.4, -0.2) is 34.6 Å². The molecule has 0 radical (unpaired) electrons. The van der Waals surface area contributed by atoms with Crippen molar-refractivity contribution in [3.05, 3.63) is 58.7 Å². The van der Waals surface area contributed by atoms with Crippen LogP contribution in [0.4, 0.5) is 5.69 Å². The van der Waals surface area contributed by atoms with Crippen LogP contribution in [0.3, 0.4) is 0 Å². The minimum atomic E-state index is -1.16. The van der Waals surface area contributed by atoms with E-state index in [1.165, 1.54) is 0 Å². The number of nitrogens with two attached hydrogens (primary N) is 1. The molecule has 0 aliphatic carbocycles. The molecule has 0 heterocycles. The van der Waals surface area contributed by atoms with Crippen LogP contribution in [0.1, 0.15) is 28.3 Å². The average Bonchev–Trinajstić information content (AvgIpc) is 2.60. The zero-order valence-electron chi connectivity index (χ0n) is 14.9. The third kappa shape index (κ3) is 4.97. The van der Waals surface area contributed by atoms with Crippen molar-refractivity contribution in [3.63, 3.8) is 0 Å². The van der Waals surface area contributed by atoms with Crippen molar-refractivity contribution in [2.45, 2.75) is 19.9 Å². The summed E-state index contributed by atoms with van der Waals surface area (Å²) < 4.78 is 5.31. The fourth-order valence-corrected chi connectivity index (χ4v) is 2.49. The lowest BCUT2D eigenvalue weighted by atomic mass is 9.99. The second kappa shape index (κ2) is 8.22. The van der Waals surface area contributed by atoms with Crippen molar-refractivity contribution in [2.75, 3.05) is 11.9 Å². The van der Waals surface area contributed by atoms with Gasteiger partial charge in [0.25, 0.3) is 0 Å². The van der Waals surface area contributed by atoms with Crippen molar-refractivity contribution in [3.8, 4) is 5.75 Å². The Labute approximate surface area is 156 Å². The van der Waals surface area contributed by atoms with E-state index in [9.17, 15) is 14.7 Å². The number of benzene rings is 2. The highest BCUT2D eigenvalue weighted by Crippen LogP contribution is 2.31. The molecule has 6 N–H and O–H groups in total. The topological polar surface area (TPSA) is 146 Å². The molecular formula is C19H21N3O5. The van der Waals surface area contributed by atoms with Gasteiger partial charge in [0.2, 0.25) is 0 Å². The van der Waals surface area contributed by atoms with Gasteiger partial charge in [0, 0.05) is 16.8 Å².